The van der Waals surface area contributed by atoms with E-state index >= 15 is 0 Å². The van der Waals surface area contributed by atoms with Gasteiger partial charge in [-0.15, -0.1) is 0 Å². The van der Waals surface area contributed by atoms with E-state index in [-0.39, 0.29) is 5.92 Å². The maximum atomic E-state index is 11.0. The third kappa shape index (κ3) is 2.98. The Morgan fingerprint density at radius 3 is 2.36 bits per heavy atom. The summed E-state index contributed by atoms with van der Waals surface area (Å²) in [6, 6.07) is 0.419. The molecule has 0 aromatic heterocycles. The van der Waals surface area contributed by atoms with Crippen LogP contribution in [0.1, 0.15) is 27.2 Å². The Balaban J connectivity index is 4.68. The van der Waals surface area contributed by atoms with Crippen molar-refractivity contribution in [3.63, 3.8) is 0 Å². The van der Waals surface area contributed by atoms with Crippen LogP contribution in [0, 0.1) is 17.2 Å². The molecule has 0 radical (unpaired) electrons. The topological polar surface area (TPSA) is 90.3 Å². The Bertz CT molecular complexity index is 235. The van der Waals surface area contributed by atoms with Crippen molar-refractivity contribution in [2.75, 3.05) is 0 Å². The summed E-state index contributed by atoms with van der Waals surface area (Å²) in [6.07, 6.45) is 0.448. The molecule has 0 aromatic carbocycles. The third-order valence-corrected chi connectivity index (χ3v) is 2.06. The standard InChI is InChI=1S/C9H17N3O2/c1-4-7(5-10)12(14)8(6(2)3)9(11)13/h6-8,14H,4H2,1-3H3,(H2,11,13). The highest BCUT2D eigenvalue weighted by Gasteiger charge is 2.30. The molecule has 0 fully saturated rings. The molecule has 0 aliphatic heterocycles. The van der Waals surface area contributed by atoms with Gasteiger partial charge in [-0.2, -0.15) is 10.3 Å². The van der Waals surface area contributed by atoms with E-state index in [0.717, 1.165) is 5.06 Å². The molecule has 0 rings (SSSR count). The van der Waals surface area contributed by atoms with Crippen LogP contribution in [0.2, 0.25) is 0 Å². The maximum absolute atomic E-state index is 11.0. The van der Waals surface area contributed by atoms with Crippen molar-refractivity contribution < 1.29 is 10.0 Å². The third-order valence-electron chi connectivity index (χ3n) is 2.06. The van der Waals surface area contributed by atoms with E-state index in [9.17, 15) is 10.0 Å². The van der Waals surface area contributed by atoms with Gasteiger partial charge in [-0.05, 0) is 12.3 Å². The number of hydrogen-bond acceptors (Lipinski definition) is 4. The fourth-order valence-corrected chi connectivity index (χ4v) is 1.30. The van der Waals surface area contributed by atoms with Crippen LogP contribution >= 0.6 is 0 Å². The first kappa shape index (κ1) is 12.9. The van der Waals surface area contributed by atoms with Crippen LogP contribution in [0.3, 0.4) is 0 Å². The van der Waals surface area contributed by atoms with Crippen molar-refractivity contribution in [1.29, 1.82) is 5.26 Å². The number of hydroxylamine groups is 2. The van der Waals surface area contributed by atoms with Gasteiger partial charge in [-0.3, -0.25) is 4.79 Å². The molecule has 3 N–H and O–H groups in total. The van der Waals surface area contributed by atoms with Crippen LogP contribution in [0.4, 0.5) is 0 Å². The predicted molar refractivity (Wildman–Crippen MR) is 51.1 cm³/mol. The zero-order valence-electron chi connectivity index (χ0n) is 8.77. The molecule has 5 heteroatoms. The number of nitriles is 1. The first-order valence-corrected chi connectivity index (χ1v) is 4.61. The molecule has 0 saturated carbocycles. The van der Waals surface area contributed by atoms with Gasteiger partial charge in [0.05, 0.1) is 6.07 Å². The summed E-state index contributed by atoms with van der Waals surface area (Å²) in [7, 11) is 0. The lowest BCUT2D eigenvalue weighted by molar-refractivity contribution is -0.169. The van der Waals surface area contributed by atoms with Crippen LogP contribution in [0.5, 0.6) is 0 Å². The minimum Gasteiger partial charge on any atom is -0.368 e. The number of rotatable bonds is 5. The van der Waals surface area contributed by atoms with Crippen LogP contribution in [0.25, 0.3) is 0 Å². The minimum atomic E-state index is -0.806. The second-order valence-corrected chi connectivity index (χ2v) is 3.52. The molecule has 80 valence electrons. The van der Waals surface area contributed by atoms with E-state index in [0.29, 0.717) is 6.42 Å². The van der Waals surface area contributed by atoms with E-state index in [4.69, 9.17) is 11.0 Å². The molecule has 0 aliphatic rings. The molecule has 0 aromatic rings. The quantitative estimate of drug-likeness (QED) is 0.630. The Kier molecular flexibility index (Phi) is 5.13. The van der Waals surface area contributed by atoms with Crippen molar-refractivity contribution in [2.24, 2.45) is 11.7 Å². The van der Waals surface area contributed by atoms with Crippen LogP contribution < -0.4 is 5.73 Å². The summed E-state index contributed by atoms with van der Waals surface area (Å²) in [4.78, 5) is 11.0. The van der Waals surface area contributed by atoms with Crippen LogP contribution in [-0.4, -0.2) is 28.3 Å². The van der Waals surface area contributed by atoms with Gasteiger partial charge in [0, 0.05) is 0 Å². The van der Waals surface area contributed by atoms with E-state index in [1.54, 1.807) is 20.8 Å². The van der Waals surface area contributed by atoms with E-state index in [1.165, 1.54) is 0 Å². The molecule has 2 unspecified atom stereocenters. The molecule has 0 aliphatic carbocycles. The number of amides is 1. The number of carbonyl (C=O) groups excluding carboxylic acids is 1. The fourth-order valence-electron chi connectivity index (χ4n) is 1.30. The number of primary amides is 1. The first-order valence-electron chi connectivity index (χ1n) is 4.61. The molecule has 0 saturated heterocycles. The Hall–Kier alpha value is -1.12. The monoisotopic (exact) mass is 199 g/mol. The van der Waals surface area contributed by atoms with E-state index in [2.05, 4.69) is 0 Å². The van der Waals surface area contributed by atoms with Crippen LogP contribution in [-0.2, 0) is 4.79 Å². The van der Waals surface area contributed by atoms with Gasteiger partial charge in [0.25, 0.3) is 0 Å². The number of nitrogens with two attached hydrogens (primary N) is 1. The maximum Gasteiger partial charge on any atom is 0.237 e. The molecule has 14 heavy (non-hydrogen) atoms. The van der Waals surface area contributed by atoms with Gasteiger partial charge in [0.15, 0.2) is 0 Å². The fraction of sp³-hybridized carbons (Fsp3) is 0.778. The van der Waals surface area contributed by atoms with Gasteiger partial charge < -0.3 is 10.9 Å². The summed E-state index contributed by atoms with van der Waals surface area (Å²) in [5.74, 6) is -0.740. The Morgan fingerprint density at radius 2 is 2.14 bits per heavy atom. The van der Waals surface area contributed by atoms with Gasteiger partial charge in [-0.25, -0.2) is 0 Å². The molecule has 0 heterocycles. The number of carbonyl (C=O) groups is 1. The average molecular weight is 199 g/mol. The van der Waals surface area contributed by atoms with Gasteiger partial charge in [0.2, 0.25) is 5.91 Å². The molecular weight excluding hydrogens is 182 g/mol. The lowest BCUT2D eigenvalue weighted by Crippen LogP contribution is -2.50. The summed E-state index contributed by atoms with van der Waals surface area (Å²) in [5.41, 5.74) is 5.14. The zero-order chi connectivity index (χ0) is 11.3. The highest BCUT2D eigenvalue weighted by atomic mass is 16.5. The Morgan fingerprint density at radius 1 is 1.64 bits per heavy atom. The largest absolute Gasteiger partial charge is 0.368 e. The first-order chi connectivity index (χ1) is 6.45. The van der Waals surface area contributed by atoms with Crippen molar-refractivity contribution in [1.82, 2.24) is 5.06 Å². The summed E-state index contributed by atoms with van der Waals surface area (Å²) >= 11 is 0. The molecule has 0 bridgehead atoms. The van der Waals surface area contributed by atoms with Crippen molar-refractivity contribution in [3.05, 3.63) is 0 Å². The number of hydrogen-bond donors (Lipinski definition) is 2. The van der Waals surface area contributed by atoms with E-state index < -0.39 is 18.0 Å². The molecule has 1 amide bonds. The smallest absolute Gasteiger partial charge is 0.237 e. The average Bonchev–Trinajstić information content (AvgIpc) is 2.04. The highest BCUT2D eigenvalue weighted by molar-refractivity contribution is 5.80. The summed E-state index contributed by atoms with van der Waals surface area (Å²) < 4.78 is 0. The van der Waals surface area contributed by atoms with Crippen molar-refractivity contribution >= 4 is 5.91 Å². The normalized spacial score (nSPS) is 15.2. The minimum absolute atomic E-state index is 0.125. The molecular formula is C9H17N3O2. The zero-order valence-corrected chi connectivity index (χ0v) is 8.77. The SMILES string of the molecule is CCC(C#N)N(O)C(C(N)=O)C(C)C. The van der Waals surface area contributed by atoms with Crippen LogP contribution in [0.15, 0.2) is 0 Å². The predicted octanol–water partition coefficient (Wildman–Crippen LogP) is 0.490. The second kappa shape index (κ2) is 5.58. The lowest BCUT2D eigenvalue weighted by Gasteiger charge is -2.29. The van der Waals surface area contributed by atoms with E-state index in [1.807, 2.05) is 6.07 Å². The Labute approximate surface area is 84.1 Å². The van der Waals surface area contributed by atoms with Gasteiger partial charge in [-0.1, -0.05) is 20.8 Å². The van der Waals surface area contributed by atoms with Gasteiger partial charge >= 0.3 is 0 Å². The molecule has 5 nitrogen and oxygen atoms in total. The summed E-state index contributed by atoms with van der Waals surface area (Å²) in [6.45, 7) is 5.29. The van der Waals surface area contributed by atoms with Gasteiger partial charge in [0.1, 0.15) is 12.1 Å². The molecule has 0 spiro atoms. The lowest BCUT2D eigenvalue weighted by atomic mass is 10.0. The highest BCUT2D eigenvalue weighted by Crippen LogP contribution is 2.13. The summed E-state index contributed by atoms with van der Waals surface area (Å²) in [5, 5.41) is 19.1. The van der Waals surface area contributed by atoms with Crippen molar-refractivity contribution in [3.8, 4) is 6.07 Å². The number of nitrogens with zero attached hydrogens (tertiary/aromatic N) is 2. The molecule has 2 atom stereocenters. The second-order valence-electron chi connectivity index (χ2n) is 3.52. The van der Waals surface area contributed by atoms with Crippen molar-refractivity contribution in [2.45, 2.75) is 39.3 Å².